The Morgan fingerprint density at radius 2 is 1.74 bits per heavy atom. The van der Waals surface area contributed by atoms with Gasteiger partial charge >= 0.3 is 6.09 Å². The normalized spacial score (nSPS) is 11.6. The number of guanidine groups is 1. The third kappa shape index (κ3) is 9.83. The maximum Gasteiger partial charge on any atom is 0.407 e. The highest BCUT2D eigenvalue weighted by Gasteiger charge is 2.15. The molecule has 0 bridgehead atoms. The maximum atomic E-state index is 11.5. The van der Waals surface area contributed by atoms with Gasteiger partial charge in [0.2, 0.25) is 0 Å². The van der Waals surface area contributed by atoms with E-state index in [1.54, 1.807) is 7.05 Å². The minimum atomic E-state index is -0.473. The number of carbonyl (C=O) groups excluding carboxylic acids is 1. The molecule has 0 atom stereocenters. The summed E-state index contributed by atoms with van der Waals surface area (Å²) in [6, 6.07) is 0. The molecule has 0 aromatic carbocycles. The number of aliphatic imine (C=N–C) groups is 1. The molecule has 1 aromatic rings. The van der Waals surface area contributed by atoms with E-state index in [0.29, 0.717) is 13.1 Å². The van der Waals surface area contributed by atoms with Crippen LogP contribution in [0.5, 0.6) is 0 Å². The van der Waals surface area contributed by atoms with Crippen molar-refractivity contribution < 1.29 is 9.53 Å². The first-order valence-electron chi connectivity index (χ1n) is 9.04. The Labute approximate surface area is 179 Å². The van der Waals surface area contributed by atoms with Crippen molar-refractivity contribution in [3.63, 3.8) is 0 Å². The number of nitrogens with zero attached hydrogens (tertiary/aromatic N) is 3. The quantitative estimate of drug-likeness (QED) is 0.234. The van der Waals surface area contributed by atoms with E-state index in [2.05, 4.69) is 33.0 Å². The fourth-order valence-electron chi connectivity index (χ4n) is 2.51. The predicted octanol–water partition coefficient (Wildman–Crippen LogP) is 2.28. The number of aromatic nitrogens is 2. The van der Waals surface area contributed by atoms with E-state index in [-0.39, 0.29) is 30.1 Å². The van der Waals surface area contributed by atoms with Crippen molar-refractivity contribution in [1.29, 1.82) is 0 Å². The summed E-state index contributed by atoms with van der Waals surface area (Å²) in [5.41, 5.74) is 3.07. The number of nitrogens with one attached hydrogen (secondary N) is 3. The predicted molar refractivity (Wildman–Crippen MR) is 120 cm³/mol. The smallest absolute Gasteiger partial charge is 0.407 e. The topological polar surface area (TPSA) is 92.6 Å². The van der Waals surface area contributed by atoms with Crippen LogP contribution in [-0.2, 0) is 18.2 Å². The largest absolute Gasteiger partial charge is 0.444 e. The molecule has 0 fully saturated rings. The van der Waals surface area contributed by atoms with Crippen LogP contribution in [0.1, 0.15) is 44.1 Å². The van der Waals surface area contributed by atoms with Crippen LogP contribution in [0.4, 0.5) is 4.79 Å². The zero-order valence-electron chi connectivity index (χ0n) is 17.6. The van der Waals surface area contributed by atoms with Crippen molar-refractivity contribution in [1.82, 2.24) is 25.7 Å². The van der Waals surface area contributed by atoms with Crippen molar-refractivity contribution in [2.24, 2.45) is 12.0 Å². The molecule has 1 aromatic heterocycles. The molecule has 0 aliphatic rings. The summed E-state index contributed by atoms with van der Waals surface area (Å²) < 4.78 is 7.10. The van der Waals surface area contributed by atoms with Crippen LogP contribution in [0.15, 0.2) is 4.99 Å². The van der Waals surface area contributed by atoms with Gasteiger partial charge in [0.1, 0.15) is 5.60 Å². The fraction of sp³-hybridized carbons (Fsp3) is 0.722. The lowest BCUT2D eigenvalue weighted by molar-refractivity contribution is 0.0527. The minimum absolute atomic E-state index is 0. The van der Waals surface area contributed by atoms with Crippen LogP contribution in [0.3, 0.4) is 0 Å². The van der Waals surface area contributed by atoms with Crippen LogP contribution in [0.2, 0.25) is 0 Å². The Morgan fingerprint density at radius 1 is 1.15 bits per heavy atom. The minimum Gasteiger partial charge on any atom is -0.444 e. The van der Waals surface area contributed by atoms with E-state index in [9.17, 15) is 4.79 Å². The van der Waals surface area contributed by atoms with E-state index >= 15 is 0 Å². The van der Waals surface area contributed by atoms with Crippen LogP contribution < -0.4 is 16.0 Å². The fourth-order valence-corrected chi connectivity index (χ4v) is 2.51. The van der Waals surface area contributed by atoms with Gasteiger partial charge in [0, 0.05) is 39.4 Å². The van der Waals surface area contributed by atoms with E-state index in [4.69, 9.17) is 4.74 Å². The summed E-state index contributed by atoms with van der Waals surface area (Å²) in [5.74, 6) is 0.751. The summed E-state index contributed by atoms with van der Waals surface area (Å²) in [5, 5.41) is 13.7. The lowest BCUT2D eigenvalue weighted by Crippen LogP contribution is -2.40. The number of halogens is 1. The van der Waals surface area contributed by atoms with Crippen molar-refractivity contribution in [2.45, 2.75) is 53.1 Å². The number of ether oxygens (including phenoxy) is 1. The maximum absolute atomic E-state index is 11.5. The molecule has 1 rings (SSSR count). The molecular weight excluding hydrogens is 459 g/mol. The Bertz CT molecular complexity index is 622. The van der Waals surface area contributed by atoms with Gasteiger partial charge in [-0.05, 0) is 53.0 Å². The summed E-state index contributed by atoms with van der Waals surface area (Å²) in [6.07, 6.45) is 1.29. The molecule has 27 heavy (non-hydrogen) atoms. The molecule has 0 unspecified atom stereocenters. The van der Waals surface area contributed by atoms with Crippen molar-refractivity contribution >= 4 is 36.0 Å². The number of amides is 1. The molecule has 1 heterocycles. The number of hydrogen-bond donors (Lipinski definition) is 3. The Hall–Kier alpha value is -1.52. The van der Waals surface area contributed by atoms with Gasteiger partial charge in [-0.1, -0.05) is 0 Å². The third-order valence-electron chi connectivity index (χ3n) is 3.86. The van der Waals surface area contributed by atoms with Gasteiger partial charge in [-0.15, -0.1) is 24.0 Å². The molecule has 3 N–H and O–H groups in total. The molecule has 0 radical (unpaired) electrons. The van der Waals surface area contributed by atoms with Gasteiger partial charge in [0.25, 0.3) is 0 Å². The second-order valence-electron chi connectivity index (χ2n) is 7.23. The van der Waals surface area contributed by atoms with Crippen LogP contribution in [0.25, 0.3) is 0 Å². The number of carbonyl (C=O) groups is 1. The highest BCUT2D eigenvalue weighted by Crippen LogP contribution is 2.11. The molecule has 1 amide bonds. The highest BCUT2D eigenvalue weighted by atomic mass is 127. The Balaban J connectivity index is 0.00000676. The van der Waals surface area contributed by atoms with Crippen molar-refractivity contribution in [3.8, 4) is 0 Å². The number of alkyl carbamates (subject to hydrolysis) is 1. The zero-order valence-corrected chi connectivity index (χ0v) is 19.9. The standard InChI is InChI=1S/C18H34N6O2.HI/c1-13-15(14(2)24(7)23-13)9-12-21-16(19-6)20-10-8-11-22-17(25)26-18(3,4)5;/h8-12H2,1-7H3,(H,22,25)(H2,19,20,21);1H. The van der Waals surface area contributed by atoms with E-state index in [1.165, 1.54) is 11.3 Å². The molecule has 0 spiro atoms. The molecule has 156 valence electrons. The van der Waals surface area contributed by atoms with E-state index in [0.717, 1.165) is 31.0 Å². The molecule has 9 heteroatoms. The lowest BCUT2D eigenvalue weighted by Gasteiger charge is -2.19. The van der Waals surface area contributed by atoms with Gasteiger partial charge in [0.15, 0.2) is 5.96 Å². The average molecular weight is 494 g/mol. The van der Waals surface area contributed by atoms with E-state index < -0.39 is 5.60 Å². The first kappa shape index (κ1) is 25.5. The Morgan fingerprint density at radius 3 is 2.26 bits per heavy atom. The van der Waals surface area contributed by atoms with Gasteiger partial charge in [-0.2, -0.15) is 5.10 Å². The number of hydrogen-bond acceptors (Lipinski definition) is 4. The molecular formula is C18H35IN6O2. The molecule has 0 aliphatic carbocycles. The van der Waals surface area contributed by atoms with Crippen molar-refractivity contribution in [3.05, 3.63) is 17.0 Å². The second kappa shape index (κ2) is 12.0. The van der Waals surface area contributed by atoms with Gasteiger partial charge < -0.3 is 20.7 Å². The van der Waals surface area contributed by atoms with Crippen LogP contribution in [-0.4, -0.2) is 54.1 Å². The highest BCUT2D eigenvalue weighted by molar-refractivity contribution is 14.0. The van der Waals surface area contributed by atoms with Crippen molar-refractivity contribution in [2.75, 3.05) is 26.7 Å². The average Bonchev–Trinajstić information content (AvgIpc) is 2.77. The monoisotopic (exact) mass is 494 g/mol. The number of rotatable bonds is 7. The molecule has 0 saturated carbocycles. The first-order chi connectivity index (χ1) is 12.1. The van der Waals surface area contributed by atoms with Gasteiger partial charge in [-0.25, -0.2) is 4.79 Å². The molecule has 0 aliphatic heterocycles. The van der Waals surface area contributed by atoms with Crippen LogP contribution in [0, 0.1) is 13.8 Å². The SMILES string of the molecule is CN=C(NCCCNC(=O)OC(C)(C)C)NCCc1c(C)nn(C)c1C.I. The molecule has 0 saturated heterocycles. The summed E-state index contributed by atoms with van der Waals surface area (Å²) >= 11 is 0. The zero-order chi connectivity index (χ0) is 19.7. The Kier molecular flexibility index (Phi) is 11.4. The number of aryl methyl sites for hydroxylation is 2. The summed E-state index contributed by atoms with van der Waals surface area (Å²) in [6.45, 7) is 11.7. The third-order valence-corrected chi connectivity index (χ3v) is 3.86. The summed E-state index contributed by atoms with van der Waals surface area (Å²) in [4.78, 5) is 15.8. The molecule has 8 nitrogen and oxygen atoms in total. The summed E-state index contributed by atoms with van der Waals surface area (Å²) in [7, 11) is 3.71. The van der Waals surface area contributed by atoms with Crippen LogP contribution >= 0.6 is 24.0 Å². The first-order valence-corrected chi connectivity index (χ1v) is 9.04. The lowest BCUT2D eigenvalue weighted by atomic mass is 10.1. The van der Waals surface area contributed by atoms with Gasteiger partial charge in [0.05, 0.1) is 5.69 Å². The second-order valence-corrected chi connectivity index (χ2v) is 7.23. The van der Waals surface area contributed by atoms with Gasteiger partial charge in [-0.3, -0.25) is 9.67 Å². The van der Waals surface area contributed by atoms with E-state index in [1.807, 2.05) is 39.4 Å².